The Labute approximate surface area is 143 Å². The number of hydrogen-bond acceptors (Lipinski definition) is 5. The predicted octanol–water partition coefficient (Wildman–Crippen LogP) is 1.40. The zero-order valence-electron chi connectivity index (χ0n) is 13.3. The lowest BCUT2D eigenvalue weighted by molar-refractivity contribution is -0.137. The van der Waals surface area contributed by atoms with E-state index in [1.54, 1.807) is 4.68 Å². The fraction of sp³-hybridized carbons (Fsp3) is 0.312. The Hall–Kier alpha value is -3.23. The summed E-state index contributed by atoms with van der Waals surface area (Å²) in [5.41, 5.74) is 0.919. The van der Waals surface area contributed by atoms with Crippen LogP contribution in [0.2, 0.25) is 0 Å². The molecule has 0 aliphatic carbocycles. The van der Waals surface area contributed by atoms with Crippen molar-refractivity contribution in [2.45, 2.75) is 31.7 Å². The standard InChI is InChI=1S/C16H17N5O4/c22-12(7-4-8-14(24)25)17-15-19-16-18-13(23)9-11(21(16)20-15)10-5-2-1-3-6-10/h1-3,5-6,11H,4,7-9H2,(H,24,25)(H2,17,18,19,20,22,23)/t11-/m1/s1. The number of benzene rings is 1. The van der Waals surface area contributed by atoms with Crippen molar-refractivity contribution >= 4 is 29.7 Å². The summed E-state index contributed by atoms with van der Waals surface area (Å²) in [6.45, 7) is 0. The second-order valence-electron chi connectivity index (χ2n) is 5.68. The number of carbonyl (C=O) groups excluding carboxylic acids is 2. The summed E-state index contributed by atoms with van der Waals surface area (Å²) in [6, 6.07) is 9.15. The Balaban J connectivity index is 1.74. The Morgan fingerprint density at radius 1 is 1.28 bits per heavy atom. The molecule has 2 aromatic rings. The quantitative estimate of drug-likeness (QED) is 0.728. The summed E-state index contributed by atoms with van der Waals surface area (Å²) in [6.07, 6.45) is 0.446. The molecule has 0 spiro atoms. The zero-order chi connectivity index (χ0) is 17.8. The molecule has 3 N–H and O–H groups in total. The van der Waals surface area contributed by atoms with Gasteiger partial charge in [-0.25, -0.2) is 4.68 Å². The van der Waals surface area contributed by atoms with Crippen molar-refractivity contribution in [1.82, 2.24) is 14.8 Å². The summed E-state index contributed by atoms with van der Waals surface area (Å²) >= 11 is 0. The maximum Gasteiger partial charge on any atom is 0.303 e. The summed E-state index contributed by atoms with van der Waals surface area (Å²) in [5, 5.41) is 18.0. The number of carboxylic acids is 1. The number of carbonyl (C=O) groups is 3. The Kier molecular flexibility index (Phi) is 4.73. The first-order valence-electron chi connectivity index (χ1n) is 7.86. The molecule has 1 aromatic carbocycles. The molecule has 9 heteroatoms. The average molecular weight is 343 g/mol. The van der Waals surface area contributed by atoms with Gasteiger partial charge in [0, 0.05) is 12.8 Å². The minimum Gasteiger partial charge on any atom is -0.481 e. The lowest BCUT2D eigenvalue weighted by Crippen LogP contribution is -2.29. The largest absolute Gasteiger partial charge is 0.481 e. The van der Waals surface area contributed by atoms with Gasteiger partial charge in [0.05, 0.1) is 12.5 Å². The molecule has 2 heterocycles. The van der Waals surface area contributed by atoms with Gasteiger partial charge in [-0.3, -0.25) is 25.0 Å². The first-order valence-corrected chi connectivity index (χ1v) is 7.86. The van der Waals surface area contributed by atoms with Gasteiger partial charge in [0.15, 0.2) is 0 Å². The topological polar surface area (TPSA) is 126 Å². The van der Waals surface area contributed by atoms with Crippen molar-refractivity contribution in [1.29, 1.82) is 0 Å². The van der Waals surface area contributed by atoms with Gasteiger partial charge in [-0.05, 0) is 12.0 Å². The highest BCUT2D eigenvalue weighted by molar-refractivity contribution is 5.92. The van der Waals surface area contributed by atoms with Gasteiger partial charge in [-0.1, -0.05) is 30.3 Å². The molecular weight excluding hydrogens is 326 g/mol. The molecule has 0 unspecified atom stereocenters. The molecule has 3 rings (SSSR count). The molecule has 0 saturated heterocycles. The van der Waals surface area contributed by atoms with Gasteiger partial charge in [-0.15, -0.1) is 5.10 Å². The number of aromatic nitrogens is 3. The fourth-order valence-corrected chi connectivity index (χ4v) is 2.64. The van der Waals surface area contributed by atoms with Crippen LogP contribution in [0.4, 0.5) is 11.9 Å². The molecule has 0 radical (unpaired) electrons. The van der Waals surface area contributed by atoms with E-state index >= 15 is 0 Å². The summed E-state index contributed by atoms with van der Waals surface area (Å²) < 4.78 is 1.57. The predicted molar refractivity (Wildman–Crippen MR) is 88.0 cm³/mol. The second kappa shape index (κ2) is 7.12. The molecule has 0 saturated carbocycles. The normalized spacial score (nSPS) is 16.0. The van der Waals surface area contributed by atoms with Crippen LogP contribution >= 0.6 is 0 Å². The third-order valence-electron chi connectivity index (χ3n) is 3.79. The molecule has 1 aromatic heterocycles. The SMILES string of the molecule is O=C(O)CCCC(=O)Nc1nc2n(n1)[C@@H](c1ccccc1)CC(=O)N2. The molecule has 1 aliphatic rings. The monoisotopic (exact) mass is 343 g/mol. The van der Waals surface area contributed by atoms with Crippen molar-refractivity contribution in [3.63, 3.8) is 0 Å². The number of anilines is 2. The Bertz CT molecular complexity index is 802. The van der Waals surface area contributed by atoms with Crippen LogP contribution in [-0.2, 0) is 14.4 Å². The molecule has 1 atom stereocenters. The number of amides is 2. The third kappa shape index (κ3) is 4.00. The number of carboxylic acid groups (broad SMARTS) is 1. The van der Waals surface area contributed by atoms with Crippen molar-refractivity contribution in [2.75, 3.05) is 10.6 Å². The van der Waals surface area contributed by atoms with E-state index in [0.717, 1.165) is 5.56 Å². The highest BCUT2D eigenvalue weighted by Gasteiger charge is 2.29. The lowest BCUT2D eigenvalue weighted by atomic mass is 10.0. The number of aliphatic carboxylic acids is 1. The van der Waals surface area contributed by atoms with E-state index in [1.165, 1.54) is 0 Å². The van der Waals surface area contributed by atoms with Crippen LogP contribution in [0.1, 0.15) is 37.3 Å². The van der Waals surface area contributed by atoms with Crippen molar-refractivity contribution in [3.8, 4) is 0 Å². The van der Waals surface area contributed by atoms with E-state index < -0.39 is 5.97 Å². The summed E-state index contributed by atoms with van der Waals surface area (Å²) in [5.74, 6) is -1.14. The van der Waals surface area contributed by atoms with Crippen LogP contribution in [0.25, 0.3) is 0 Å². The maximum atomic E-state index is 11.9. The molecule has 25 heavy (non-hydrogen) atoms. The first kappa shape index (κ1) is 16.6. The third-order valence-corrected chi connectivity index (χ3v) is 3.79. The van der Waals surface area contributed by atoms with Gasteiger partial charge in [-0.2, -0.15) is 4.98 Å². The molecule has 0 bridgehead atoms. The Morgan fingerprint density at radius 2 is 2.04 bits per heavy atom. The van der Waals surface area contributed by atoms with Crippen molar-refractivity contribution < 1.29 is 19.5 Å². The van der Waals surface area contributed by atoms with E-state index in [-0.39, 0.29) is 55.4 Å². The van der Waals surface area contributed by atoms with Crippen LogP contribution in [0.3, 0.4) is 0 Å². The summed E-state index contributed by atoms with van der Waals surface area (Å²) in [4.78, 5) is 38.4. The molecule has 130 valence electrons. The first-order chi connectivity index (χ1) is 12.0. The van der Waals surface area contributed by atoms with Crippen LogP contribution in [0.15, 0.2) is 30.3 Å². The van der Waals surface area contributed by atoms with Crippen molar-refractivity contribution in [3.05, 3.63) is 35.9 Å². The van der Waals surface area contributed by atoms with Gasteiger partial charge < -0.3 is 5.11 Å². The molecule has 2 amide bonds. The van der Waals surface area contributed by atoms with Gasteiger partial charge in [0.25, 0.3) is 5.95 Å². The second-order valence-corrected chi connectivity index (χ2v) is 5.68. The molecule has 9 nitrogen and oxygen atoms in total. The average Bonchev–Trinajstić information content (AvgIpc) is 2.96. The van der Waals surface area contributed by atoms with Crippen LogP contribution < -0.4 is 10.6 Å². The van der Waals surface area contributed by atoms with Crippen LogP contribution in [-0.4, -0.2) is 37.7 Å². The Morgan fingerprint density at radius 3 is 2.76 bits per heavy atom. The van der Waals surface area contributed by atoms with E-state index in [9.17, 15) is 14.4 Å². The van der Waals surface area contributed by atoms with Crippen LogP contribution in [0, 0.1) is 0 Å². The van der Waals surface area contributed by atoms with E-state index in [2.05, 4.69) is 20.7 Å². The smallest absolute Gasteiger partial charge is 0.303 e. The van der Waals surface area contributed by atoms with Gasteiger partial charge >= 0.3 is 5.97 Å². The highest BCUT2D eigenvalue weighted by Crippen LogP contribution is 2.29. The summed E-state index contributed by atoms with van der Waals surface area (Å²) in [7, 11) is 0. The lowest BCUT2D eigenvalue weighted by Gasteiger charge is -2.23. The highest BCUT2D eigenvalue weighted by atomic mass is 16.4. The van der Waals surface area contributed by atoms with Gasteiger partial charge in [0.2, 0.25) is 17.8 Å². The van der Waals surface area contributed by atoms with E-state index in [1.807, 2.05) is 30.3 Å². The number of fused-ring (bicyclic) bond motifs is 1. The molecular formula is C16H17N5O4. The fourth-order valence-electron chi connectivity index (χ4n) is 2.64. The number of hydrogen-bond donors (Lipinski definition) is 3. The number of rotatable bonds is 6. The molecule has 0 fully saturated rings. The van der Waals surface area contributed by atoms with Crippen LogP contribution in [0.5, 0.6) is 0 Å². The minimum absolute atomic E-state index is 0.0602. The van der Waals surface area contributed by atoms with Crippen molar-refractivity contribution in [2.24, 2.45) is 0 Å². The number of nitrogens with one attached hydrogen (secondary N) is 2. The van der Waals surface area contributed by atoms with Gasteiger partial charge in [0.1, 0.15) is 0 Å². The molecule has 1 aliphatic heterocycles. The zero-order valence-corrected chi connectivity index (χ0v) is 13.3. The number of nitrogens with zero attached hydrogens (tertiary/aromatic N) is 3. The van der Waals surface area contributed by atoms with E-state index in [4.69, 9.17) is 5.11 Å². The minimum atomic E-state index is -0.947. The maximum absolute atomic E-state index is 11.9. The van der Waals surface area contributed by atoms with E-state index in [0.29, 0.717) is 0 Å².